The maximum atomic E-state index is 10.9. The van der Waals surface area contributed by atoms with Gasteiger partial charge in [-0.25, -0.2) is 5.43 Å². The first-order valence-electron chi connectivity index (χ1n) is 9.74. The summed E-state index contributed by atoms with van der Waals surface area (Å²) in [5.74, 6) is 1.05. The SMILES string of the molecule is O=[N+]([O-])c1ccc(Nc2nc(N/N=C\c3ccc(Cl)cc3Cl)nc(N3CCCC3)n2)cc1. The van der Waals surface area contributed by atoms with Crippen molar-refractivity contribution in [3.8, 4) is 0 Å². The van der Waals surface area contributed by atoms with Crippen LogP contribution in [0.15, 0.2) is 47.6 Å². The van der Waals surface area contributed by atoms with Crippen LogP contribution in [0.5, 0.6) is 0 Å². The van der Waals surface area contributed by atoms with Crippen LogP contribution >= 0.6 is 23.2 Å². The van der Waals surface area contributed by atoms with Crippen molar-refractivity contribution < 1.29 is 4.92 Å². The quantitative estimate of drug-likeness (QED) is 0.283. The summed E-state index contributed by atoms with van der Waals surface area (Å²) in [6.07, 6.45) is 3.67. The minimum absolute atomic E-state index is 0.00139. The normalized spacial score (nSPS) is 13.5. The number of hydrogen-bond donors (Lipinski definition) is 2. The van der Waals surface area contributed by atoms with E-state index in [1.165, 1.54) is 12.1 Å². The van der Waals surface area contributed by atoms with Crippen molar-refractivity contribution in [1.29, 1.82) is 0 Å². The third-order valence-electron chi connectivity index (χ3n) is 4.68. The highest BCUT2D eigenvalue weighted by molar-refractivity contribution is 6.36. The number of nitro benzene ring substituents is 1. The lowest BCUT2D eigenvalue weighted by atomic mass is 10.2. The van der Waals surface area contributed by atoms with Gasteiger partial charge < -0.3 is 10.2 Å². The van der Waals surface area contributed by atoms with Gasteiger partial charge in [0.25, 0.3) is 5.69 Å². The van der Waals surface area contributed by atoms with E-state index >= 15 is 0 Å². The van der Waals surface area contributed by atoms with Crippen molar-refractivity contribution in [3.63, 3.8) is 0 Å². The molecule has 12 heteroatoms. The van der Waals surface area contributed by atoms with Crippen molar-refractivity contribution in [2.75, 3.05) is 28.7 Å². The lowest BCUT2D eigenvalue weighted by molar-refractivity contribution is -0.384. The van der Waals surface area contributed by atoms with Gasteiger partial charge in [-0.1, -0.05) is 29.3 Å². The second kappa shape index (κ2) is 9.75. The fourth-order valence-electron chi connectivity index (χ4n) is 3.09. The molecule has 4 rings (SSSR count). The summed E-state index contributed by atoms with van der Waals surface area (Å²) in [7, 11) is 0. The summed E-state index contributed by atoms with van der Waals surface area (Å²) >= 11 is 12.1. The van der Waals surface area contributed by atoms with Gasteiger partial charge in [0.05, 0.1) is 16.2 Å². The molecule has 10 nitrogen and oxygen atoms in total. The molecule has 0 atom stereocenters. The Hall–Kier alpha value is -3.50. The number of non-ortho nitro benzene ring substituents is 1. The molecule has 164 valence electrons. The van der Waals surface area contributed by atoms with E-state index in [1.807, 2.05) is 0 Å². The van der Waals surface area contributed by atoms with Crippen molar-refractivity contribution in [2.24, 2.45) is 5.10 Å². The van der Waals surface area contributed by atoms with E-state index in [1.54, 1.807) is 36.5 Å². The molecule has 0 saturated carbocycles. The molecule has 0 amide bonds. The summed E-state index contributed by atoms with van der Waals surface area (Å²) in [6, 6.07) is 11.1. The molecule has 3 aromatic rings. The lowest BCUT2D eigenvalue weighted by Crippen LogP contribution is -2.21. The third-order valence-corrected chi connectivity index (χ3v) is 5.24. The monoisotopic (exact) mass is 472 g/mol. The number of nitro groups is 1. The number of aromatic nitrogens is 3. The van der Waals surface area contributed by atoms with Crippen molar-refractivity contribution in [1.82, 2.24) is 15.0 Å². The second-order valence-corrected chi connectivity index (χ2v) is 7.79. The summed E-state index contributed by atoms with van der Waals surface area (Å²) < 4.78 is 0. The Kier molecular flexibility index (Phi) is 6.62. The number of halogens is 2. The molecule has 0 spiro atoms. The van der Waals surface area contributed by atoms with Crippen molar-refractivity contribution in [3.05, 3.63) is 68.2 Å². The van der Waals surface area contributed by atoms with E-state index in [4.69, 9.17) is 23.2 Å². The highest BCUT2D eigenvalue weighted by Crippen LogP contribution is 2.23. The number of rotatable bonds is 7. The predicted molar refractivity (Wildman–Crippen MR) is 125 cm³/mol. The van der Waals surface area contributed by atoms with Crippen LogP contribution in [0.3, 0.4) is 0 Å². The zero-order chi connectivity index (χ0) is 22.5. The maximum Gasteiger partial charge on any atom is 0.269 e. The van der Waals surface area contributed by atoms with E-state index in [0.29, 0.717) is 27.2 Å². The number of anilines is 4. The van der Waals surface area contributed by atoms with Crippen LogP contribution in [0.1, 0.15) is 18.4 Å². The minimum Gasteiger partial charge on any atom is -0.341 e. The largest absolute Gasteiger partial charge is 0.341 e. The van der Waals surface area contributed by atoms with Crippen LogP contribution in [0.4, 0.5) is 29.2 Å². The zero-order valence-electron chi connectivity index (χ0n) is 16.7. The number of nitrogens with one attached hydrogen (secondary N) is 2. The Bertz CT molecular complexity index is 1150. The fourth-order valence-corrected chi connectivity index (χ4v) is 3.55. The van der Waals surface area contributed by atoms with Crippen LogP contribution in [-0.2, 0) is 0 Å². The number of hydrazone groups is 1. The highest BCUT2D eigenvalue weighted by Gasteiger charge is 2.17. The summed E-state index contributed by atoms with van der Waals surface area (Å²) in [5, 5.41) is 19.1. The molecule has 2 N–H and O–H groups in total. The van der Waals surface area contributed by atoms with Crippen molar-refractivity contribution >= 4 is 58.6 Å². The molecule has 0 aliphatic carbocycles. The number of nitrogens with zero attached hydrogens (tertiary/aromatic N) is 6. The van der Waals surface area contributed by atoms with E-state index < -0.39 is 4.92 Å². The van der Waals surface area contributed by atoms with E-state index in [2.05, 4.69) is 35.7 Å². The molecule has 0 unspecified atom stereocenters. The van der Waals surface area contributed by atoms with Gasteiger partial charge in [-0.05, 0) is 37.1 Å². The van der Waals surface area contributed by atoms with Gasteiger partial charge in [-0.15, -0.1) is 0 Å². The minimum atomic E-state index is -0.453. The zero-order valence-corrected chi connectivity index (χ0v) is 18.2. The Labute approximate surface area is 193 Å². The van der Waals surface area contributed by atoms with Crippen LogP contribution in [-0.4, -0.2) is 39.2 Å². The topological polar surface area (TPSA) is 121 Å². The molecule has 1 fully saturated rings. The molecule has 1 aromatic heterocycles. The molecule has 1 aliphatic heterocycles. The third kappa shape index (κ3) is 5.40. The van der Waals surface area contributed by atoms with Gasteiger partial charge in [-0.2, -0.15) is 20.1 Å². The first-order valence-corrected chi connectivity index (χ1v) is 10.5. The Morgan fingerprint density at radius 2 is 1.75 bits per heavy atom. The number of benzene rings is 2. The second-order valence-electron chi connectivity index (χ2n) is 6.94. The molecule has 2 aromatic carbocycles. The molecule has 0 bridgehead atoms. The molecule has 2 heterocycles. The standard InChI is InChI=1S/C20H18Cl2N8O2/c21-14-4-3-13(17(22)11-14)12-23-28-19-25-18(26-20(27-19)29-9-1-2-10-29)24-15-5-7-16(8-6-15)30(31)32/h3-8,11-12H,1-2,9-10H2,(H2,24,25,26,27,28)/b23-12-. The van der Waals surface area contributed by atoms with Crippen molar-refractivity contribution in [2.45, 2.75) is 12.8 Å². The number of hydrogen-bond acceptors (Lipinski definition) is 9. The average Bonchev–Trinajstić information content (AvgIpc) is 3.31. The molecule has 32 heavy (non-hydrogen) atoms. The maximum absolute atomic E-state index is 10.9. The first-order chi connectivity index (χ1) is 15.5. The molecule has 0 radical (unpaired) electrons. The van der Waals surface area contributed by atoms with Gasteiger partial charge in [0.15, 0.2) is 0 Å². The highest BCUT2D eigenvalue weighted by atomic mass is 35.5. The smallest absolute Gasteiger partial charge is 0.269 e. The van der Waals surface area contributed by atoms with E-state index in [-0.39, 0.29) is 17.6 Å². The van der Waals surface area contributed by atoms with E-state index in [9.17, 15) is 10.1 Å². The fraction of sp³-hybridized carbons (Fsp3) is 0.200. The molecule has 1 aliphatic rings. The van der Waals surface area contributed by atoms with Crippen LogP contribution < -0.4 is 15.6 Å². The van der Waals surface area contributed by atoms with E-state index in [0.717, 1.165) is 25.9 Å². The van der Waals surface area contributed by atoms with Gasteiger partial charge in [0.1, 0.15) is 0 Å². The van der Waals surface area contributed by atoms with Crippen LogP contribution in [0.25, 0.3) is 0 Å². The Balaban J connectivity index is 1.56. The molecule has 1 saturated heterocycles. The van der Waals surface area contributed by atoms with Gasteiger partial charge in [0.2, 0.25) is 17.8 Å². The van der Waals surface area contributed by atoms with Gasteiger partial charge in [0, 0.05) is 41.5 Å². The van der Waals surface area contributed by atoms with Gasteiger partial charge >= 0.3 is 0 Å². The van der Waals surface area contributed by atoms with Crippen LogP contribution in [0.2, 0.25) is 10.0 Å². The average molecular weight is 473 g/mol. The summed E-state index contributed by atoms with van der Waals surface area (Å²) in [6.45, 7) is 1.70. The Morgan fingerprint density at radius 1 is 1.03 bits per heavy atom. The first kappa shape index (κ1) is 21.7. The molecular formula is C20H18Cl2N8O2. The molecular weight excluding hydrogens is 455 g/mol. The summed E-state index contributed by atoms with van der Waals surface area (Å²) in [4.78, 5) is 25.8. The van der Waals surface area contributed by atoms with Crippen LogP contribution in [0, 0.1) is 10.1 Å². The lowest BCUT2D eigenvalue weighted by Gasteiger charge is -2.16. The summed E-state index contributed by atoms with van der Waals surface area (Å²) in [5.41, 5.74) is 4.10. The van der Waals surface area contributed by atoms with Gasteiger partial charge in [-0.3, -0.25) is 10.1 Å². The predicted octanol–water partition coefficient (Wildman–Crippen LogP) is 4.88. The Morgan fingerprint density at radius 3 is 2.44 bits per heavy atom.